The second-order valence-electron chi connectivity index (χ2n) is 4.65. The number of nitriles is 2. The molecule has 0 saturated heterocycles. The summed E-state index contributed by atoms with van der Waals surface area (Å²) in [7, 11) is 0. The highest BCUT2D eigenvalue weighted by atomic mass is 79.9. The molecule has 0 aliphatic carbocycles. The zero-order valence-corrected chi connectivity index (χ0v) is 13.7. The van der Waals surface area contributed by atoms with Crippen LogP contribution in [0.1, 0.15) is 21.5 Å². The molecule has 1 amide bonds. The monoisotopic (exact) mass is 365 g/mol. The van der Waals surface area contributed by atoms with Crippen molar-refractivity contribution >= 4 is 33.6 Å². The molecule has 0 heterocycles. The van der Waals surface area contributed by atoms with Crippen LogP contribution in [0.5, 0.6) is 0 Å². The largest absolute Gasteiger partial charge is 0.322 e. The highest BCUT2D eigenvalue weighted by molar-refractivity contribution is 9.08. The number of carbonyl (C=O) groups excluding carboxylic acids is 1. The van der Waals surface area contributed by atoms with Crippen molar-refractivity contribution in [2.24, 2.45) is 0 Å². The van der Waals surface area contributed by atoms with E-state index < -0.39 is 0 Å². The predicted molar refractivity (Wildman–Crippen MR) is 92.7 cm³/mol. The normalized spacial score (nSPS) is 9.35. The number of carbonyl (C=O) groups is 1. The average Bonchev–Trinajstić information content (AvgIpc) is 2.60. The van der Waals surface area contributed by atoms with Gasteiger partial charge in [0.1, 0.15) is 17.7 Å². The van der Waals surface area contributed by atoms with Crippen LogP contribution in [0.4, 0.5) is 5.69 Å². The van der Waals surface area contributed by atoms with Gasteiger partial charge in [0.15, 0.2) is 0 Å². The number of allylic oxidation sites excluding steroid dienone is 1. The third-order valence-electron chi connectivity index (χ3n) is 3.11. The SMILES string of the molecule is N#CC(C#N)=Cc1ccc(CBr)c(NC(=O)c2ccccc2)c1. The first-order valence-electron chi connectivity index (χ1n) is 6.75. The Labute approximate surface area is 142 Å². The zero-order valence-electron chi connectivity index (χ0n) is 12.1. The molecule has 0 aliphatic heterocycles. The molecular formula is C18H12BrN3O. The van der Waals surface area contributed by atoms with Crippen LogP contribution >= 0.6 is 15.9 Å². The molecular weight excluding hydrogens is 354 g/mol. The molecule has 2 aromatic rings. The number of benzene rings is 2. The lowest BCUT2D eigenvalue weighted by molar-refractivity contribution is 0.102. The third kappa shape index (κ3) is 4.29. The van der Waals surface area contributed by atoms with Gasteiger partial charge in [-0.25, -0.2) is 0 Å². The second kappa shape index (κ2) is 7.93. The van der Waals surface area contributed by atoms with Crippen molar-refractivity contribution in [3.63, 3.8) is 0 Å². The molecule has 0 aliphatic rings. The standard InChI is InChI=1S/C18H12BrN3O/c19-10-16-7-6-13(8-14(11-20)12-21)9-17(16)22-18(23)15-4-2-1-3-5-15/h1-9H,10H2,(H,22,23). The summed E-state index contributed by atoms with van der Waals surface area (Å²) in [4.78, 5) is 12.3. The molecule has 0 radical (unpaired) electrons. The van der Waals surface area contributed by atoms with E-state index in [0.717, 1.165) is 5.56 Å². The first-order valence-corrected chi connectivity index (χ1v) is 7.87. The predicted octanol–water partition coefficient (Wildman–Crippen LogP) is 4.26. The fraction of sp³-hybridized carbons (Fsp3) is 0.0556. The minimum atomic E-state index is -0.213. The first kappa shape index (κ1) is 16.5. The van der Waals surface area contributed by atoms with Crippen LogP contribution < -0.4 is 5.32 Å². The van der Waals surface area contributed by atoms with Gasteiger partial charge in [0.2, 0.25) is 0 Å². The minimum Gasteiger partial charge on any atom is -0.322 e. The van der Waals surface area contributed by atoms with Crippen molar-refractivity contribution in [3.05, 3.63) is 70.8 Å². The van der Waals surface area contributed by atoms with Gasteiger partial charge in [-0.3, -0.25) is 4.79 Å². The number of hydrogen-bond donors (Lipinski definition) is 1. The van der Waals surface area contributed by atoms with Gasteiger partial charge in [0.25, 0.3) is 5.91 Å². The van der Waals surface area contributed by atoms with Crippen molar-refractivity contribution in [3.8, 4) is 12.1 Å². The molecule has 1 N–H and O–H groups in total. The maximum atomic E-state index is 12.3. The lowest BCUT2D eigenvalue weighted by Crippen LogP contribution is -2.13. The minimum absolute atomic E-state index is 0.0110. The van der Waals surface area contributed by atoms with Crippen LogP contribution in [0.3, 0.4) is 0 Å². The fourth-order valence-electron chi connectivity index (χ4n) is 1.96. The number of nitrogens with zero attached hydrogens (tertiary/aromatic N) is 2. The zero-order chi connectivity index (χ0) is 16.7. The Bertz CT molecular complexity index is 814. The summed E-state index contributed by atoms with van der Waals surface area (Å²) in [6, 6.07) is 17.9. The van der Waals surface area contributed by atoms with Gasteiger partial charge in [-0.1, -0.05) is 46.3 Å². The van der Waals surface area contributed by atoms with Gasteiger partial charge in [-0.15, -0.1) is 0 Å². The number of nitrogens with one attached hydrogen (secondary N) is 1. The lowest BCUT2D eigenvalue weighted by atomic mass is 10.1. The van der Waals surface area contributed by atoms with Gasteiger partial charge >= 0.3 is 0 Å². The van der Waals surface area contributed by atoms with Crippen molar-refractivity contribution < 1.29 is 4.79 Å². The Morgan fingerprint density at radius 2 is 1.83 bits per heavy atom. The summed E-state index contributed by atoms with van der Waals surface area (Å²) in [5.41, 5.74) is 2.79. The Morgan fingerprint density at radius 3 is 2.43 bits per heavy atom. The molecule has 0 unspecified atom stereocenters. The summed E-state index contributed by atoms with van der Waals surface area (Å²) in [5.74, 6) is -0.213. The molecule has 0 fully saturated rings. The molecule has 0 atom stereocenters. The Hall–Kier alpha value is -2.89. The molecule has 2 aromatic carbocycles. The number of alkyl halides is 1. The molecule has 2 rings (SSSR count). The Morgan fingerprint density at radius 1 is 1.13 bits per heavy atom. The maximum absolute atomic E-state index is 12.3. The molecule has 112 valence electrons. The molecule has 0 spiro atoms. The van der Waals surface area contributed by atoms with Crippen LogP contribution in [0.2, 0.25) is 0 Å². The van der Waals surface area contributed by atoms with E-state index in [-0.39, 0.29) is 11.5 Å². The molecule has 0 aromatic heterocycles. The van der Waals surface area contributed by atoms with Gasteiger partial charge in [0, 0.05) is 16.6 Å². The van der Waals surface area contributed by atoms with Gasteiger partial charge in [-0.2, -0.15) is 10.5 Å². The van der Waals surface area contributed by atoms with E-state index in [4.69, 9.17) is 10.5 Å². The van der Waals surface area contributed by atoms with Crippen LogP contribution in [0, 0.1) is 22.7 Å². The summed E-state index contributed by atoms with van der Waals surface area (Å²) in [6.07, 6.45) is 1.48. The summed E-state index contributed by atoms with van der Waals surface area (Å²) >= 11 is 3.39. The topological polar surface area (TPSA) is 76.7 Å². The molecule has 4 nitrogen and oxygen atoms in total. The van der Waals surface area contributed by atoms with Gasteiger partial charge < -0.3 is 5.32 Å². The average molecular weight is 366 g/mol. The van der Waals surface area contributed by atoms with Crippen molar-refractivity contribution in [2.75, 3.05) is 5.32 Å². The molecule has 5 heteroatoms. The summed E-state index contributed by atoms with van der Waals surface area (Å²) in [6.45, 7) is 0. The van der Waals surface area contributed by atoms with E-state index in [1.165, 1.54) is 6.08 Å². The lowest BCUT2D eigenvalue weighted by Gasteiger charge is -2.10. The van der Waals surface area contributed by atoms with E-state index in [9.17, 15) is 4.79 Å². The van der Waals surface area contributed by atoms with Crippen LogP contribution in [-0.2, 0) is 5.33 Å². The smallest absolute Gasteiger partial charge is 0.255 e. The van der Waals surface area contributed by atoms with E-state index in [0.29, 0.717) is 22.1 Å². The second-order valence-corrected chi connectivity index (χ2v) is 5.21. The van der Waals surface area contributed by atoms with Crippen molar-refractivity contribution in [1.82, 2.24) is 0 Å². The quantitative estimate of drug-likeness (QED) is 0.649. The first-order chi connectivity index (χ1) is 11.2. The number of hydrogen-bond acceptors (Lipinski definition) is 3. The third-order valence-corrected chi connectivity index (χ3v) is 3.72. The van der Waals surface area contributed by atoms with Crippen LogP contribution in [-0.4, -0.2) is 5.91 Å². The van der Waals surface area contributed by atoms with Gasteiger partial charge in [-0.05, 0) is 35.4 Å². The summed E-state index contributed by atoms with van der Waals surface area (Å²) < 4.78 is 0. The molecule has 0 saturated carbocycles. The number of rotatable bonds is 4. The Balaban J connectivity index is 2.34. The number of anilines is 1. The van der Waals surface area contributed by atoms with Crippen molar-refractivity contribution in [1.29, 1.82) is 10.5 Å². The summed E-state index contributed by atoms with van der Waals surface area (Å²) in [5, 5.41) is 21.1. The Kier molecular flexibility index (Phi) is 5.68. The highest BCUT2D eigenvalue weighted by Crippen LogP contribution is 2.22. The maximum Gasteiger partial charge on any atom is 0.255 e. The fourth-order valence-corrected chi connectivity index (χ4v) is 2.45. The number of amides is 1. The molecule has 23 heavy (non-hydrogen) atoms. The van der Waals surface area contributed by atoms with E-state index in [1.807, 2.05) is 24.3 Å². The van der Waals surface area contributed by atoms with Crippen molar-refractivity contribution in [2.45, 2.75) is 5.33 Å². The number of halogens is 1. The molecule has 0 bridgehead atoms. The van der Waals surface area contributed by atoms with E-state index >= 15 is 0 Å². The van der Waals surface area contributed by atoms with Crippen LogP contribution in [0.15, 0.2) is 54.1 Å². The van der Waals surface area contributed by atoms with E-state index in [1.54, 1.807) is 36.4 Å². The van der Waals surface area contributed by atoms with Gasteiger partial charge in [0.05, 0.1) is 0 Å². The van der Waals surface area contributed by atoms with E-state index in [2.05, 4.69) is 21.2 Å². The highest BCUT2D eigenvalue weighted by Gasteiger charge is 2.09. The van der Waals surface area contributed by atoms with Crippen LogP contribution in [0.25, 0.3) is 6.08 Å².